The largest absolute Gasteiger partial charge is 0.465 e. The molecule has 1 aliphatic rings. The second-order valence-corrected chi connectivity index (χ2v) is 6.56. The molecule has 0 saturated carbocycles. The minimum absolute atomic E-state index is 0.0147. The normalized spacial score (nSPS) is 30.1. The summed E-state index contributed by atoms with van der Waals surface area (Å²) in [6.45, 7) is 10.9. The second-order valence-electron chi connectivity index (χ2n) is 4.74. The Kier molecular flexibility index (Phi) is 4.06. The minimum Gasteiger partial charge on any atom is -0.465 e. The van der Waals surface area contributed by atoms with Crippen LogP contribution in [-0.4, -0.2) is 33.7 Å². The lowest BCUT2D eigenvalue weighted by Crippen LogP contribution is -2.17. The van der Waals surface area contributed by atoms with Gasteiger partial charge in [0.25, 0.3) is 0 Å². The molecule has 0 N–H and O–H groups in total. The molecule has 1 heterocycles. The van der Waals surface area contributed by atoms with Gasteiger partial charge in [-0.25, -0.2) is 4.31 Å². The van der Waals surface area contributed by atoms with Gasteiger partial charge in [0.2, 0.25) is 0 Å². The van der Waals surface area contributed by atoms with Crippen LogP contribution in [0.5, 0.6) is 0 Å². The third-order valence-corrected chi connectivity index (χ3v) is 3.46. The quantitative estimate of drug-likeness (QED) is 0.422. The van der Waals surface area contributed by atoms with Crippen LogP contribution in [-0.2, 0) is 9.53 Å². The van der Waals surface area contributed by atoms with Crippen LogP contribution in [0.25, 0.3) is 0 Å². The Morgan fingerprint density at radius 2 is 2.00 bits per heavy atom. The van der Waals surface area contributed by atoms with Gasteiger partial charge in [0.15, 0.2) is 0 Å². The SMILES string of the molecule is CCOC(=O)[C@H]1[C@@H](CC)N1SC(C)(C)C. The maximum Gasteiger partial charge on any atom is 0.325 e. The number of rotatable bonds is 4. The summed E-state index contributed by atoms with van der Waals surface area (Å²) in [6, 6.07) is 0.354. The Hall–Kier alpha value is -0.220. The van der Waals surface area contributed by atoms with Crippen LogP contribution < -0.4 is 0 Å². The Bertz CT molecular complexity index is 237. The first-order chi connectivity index (χ1) is 6.90. The highest BCUT2D eigenvalue weighted by atomic mass is 32.2. The van der Waals surface area contributed by atoms with Crippen molar-refractivity contribution in [1.82, 2.24) is 4.31 Å². The fourth-order valence-electron chi connectivity index (χ4n) is 1.59. The third-order valence-electron chi connectivity index (χ3n) is 2.20. The number of carbonyl (C=O) groups excluding carboxylic acids is 1. The Morgan fingerprint density at radius 3 is 2.40 bits per heavy atom. The van der Waals surface area contributed by atoms with Gasteiger partial charge in [-0.3, -0.25) is 4.79 Å². The van der Waals surface area contributed by atoms with Crippen LogP contribution in [0.4, 0.5) is 0 Å². The Balaban J connectivity index is 2.50. The standard InChI is InChI=1S/C11H21NO2S/c1-6-8-9(10(13)14-7-2)12(8)15-11(3,4)5/h8-9H,6-7H2,1-5H3/t8-,9-,12?/m1/s1. The number of hydrogen-bond donors (Lipinski definition) is 0. The molecule has 15 heavy (non-hydrogen) atoms. The average Bonchev–Trinajstić information content (AvgIpc) is 2.75. The molecule has 1 fully saturated rings. The van der Waals surface area contributed by atoms with Crippen LogP contribution >= 0.6 is 11.9 Å². The van der Waals surface area contributed by atoms with Crippen LogP contribution in [0.15, 0.2) is 0 Å². The fraction of sp³-hybridized carbons (Fsp3) is 0.909. The molecule has 0 amide bonds. The van der Waals surface area contributed by atoms with Gasteiger partial charge in [-0.2, -0.15) is 0 Å². The van der Waals surface area contributed by atoms with Crippen molar-refractivity contribution in [3.8, 4) is 0 Å². The zero-order valence-corrected chi connectivity index (χ0v) is 11.1. The van der Waals surface area contributed by atoms with E-state index in [1.54, 1.807) is 11.9 Å². The summed E-state index contributed by atoms with van der Waals surface area (Å²) in [5.41, 5.74) is 0. The highest BCUT2D eigenvalue weighted by Crippen LogP contribution is 2.44. The molecule has 3 nitrogen and oxygen atoms in total. The minimum atomic E-state index is -0.0684. The van der Waals surface area contributed by atoms with Crippen molar-refractivity contribution in [1.29, 1.82) is 0 Å². The van der Waals surface area contributed by atoms with Gasteiger partial charge in [-0.1, -0.05) is 18.9 Å². The molecule has 0 bridgehead atoms. The van der Waals surface area contributed by atoms with Gasteiger partial charge >= 0.3 is 5.97 Å². The van der Waals surface area contributed by atoms with E-state index in [-0.39, 0.29) is 16.8 Å². The summed E-state index contributed by atoms with van der Waals surface area (Å²) in [5.74, 6) is -0.0684. The molecule has 0 radical (unpaired) electrons. The fourth-order valence-corrected chi connectivity index (χ4v) is 2.91. The van der Waals surface area contributed by atoms with Crippen molar-refractivity contribution in [2.45, 2.75) is 57.9 Å². The molecule has 0 spiro atoms. The predicted octanol–water partition coefficient (Wildman–Crippen LogP) is 2.46. The molecule has 0 aromatic rings. The number of nitrogens with zero attached hydrogens (tertiary/aromatic N) is 1. The topological polar surface area (TPSA) is 29.3 Å². The highest BCUT2D eigenvalue weighted by Gasteiger charge is 2.54. The van der Waals surface area contributed by atoms with E-state index in [1.165, 1.54) is 0 Å². The molecule has 1 aliphatic heterocycles. The van der Waals surface area contributed by atoms with E-state index in [0.29, 0.717) is 12.6 Å². The van der Waals surface area contributed by atoms with Crippen molar-refractivity contribution in [3.63, 3.8) is 0 Å². The molecule has 1 rings (SSSR count). The van der Waals surface area contributed by atoms with Crippen LogP contribution in [0.3, 0.4) is 0 Å². The van der Waals surface area contributed by atoms with Crippen molar-refractivity contribution in [3.05, 3.63) is 0 Å². The summed E-state index contributed by atoms with van der Waals surface area (Å²) < 4.78 is 7.37. The summed E-state index contributed by atoms with van der Waals surface area (Å²) in [5, 5.41) is 0. The van der Waals surface area contributed by atoms with E-state index in [9.17, 15) is 4.79 Å². The smallest absolute Gasteiger partial charge is 0.325 e. The van der Waals surface area contributed by atoms with E-state index < -0.39 is 0 Å². The van der Waals surface area contributed by atoms with Gasteiger partial charge in [0.1, 0.15) is 6.04 Å². The summed E-state index contributed by atoms with van der Waals surface area (Å²) in [4.78, 5) is 11.6. The summed E-state index contributed by atoms with van der Waals surface area (Å²) in [7, 11) is 0. The van der Waals surface area contributed by atoms with Crippen LogP contribution in [0.1, 0.15) is 41.0 Å². The molecule has 3 atom stereocenters. The maximum atomic E-state index is 11.6. The van der Waals surface area contributed by atoms with Gasteiger partial charge in [-0.05, 0) is 34.1 Å². The first kappa shape index (κ1) is 12.8. The molecule has 1 unspecified atom stereocenters. The van der Waals surface area contributed by atoms with Crippen molar-refractivity contribution < 1.29 is 9.53 Å². The molecule has 0 aliphatic carbocycles. The van der Waals surface area contributed by atoms with E-state index in [4.69, 9.17) is 4.74 Å². The highest BCUT2D eigenvalue weighted by molar-refractivity contribution is 7.98. The van der Waals surface area contributed by atoms with Crippen LogP contribution in [0.2, 0.25) is 0 Å². The predicted molar refractivity (Wildman–Crippen MR) is 63.7 cm³/mol. The maximum absolute atomic E-state index is 11.6. The Labute approximate surface area is 96.7 Å². The summed E-state index contributed by atoms with van der Waals surface area (Å²) in [6.07, 6.45) is 1.01. The first-order valence-electron chi connectivity index (χ1n) is 5.54. The number of esters is 1. The molecule has 0 aromatic carbocycles. The van der Waals surface area contributed by atoms with E-state index in [1.807, 2.05) is 6.92 Å². The monoisotopic (exact) mass is 231 g/mol. The lowest BCUT2D eigenvalue weighted by atomic mass is 10.2. The third kappa shape index (κ3) is 3.38. The van der Waals surface area contributed by atoms with E-state index in [0.717, 1.165) is 6.42 Å². The van der Waals surface area contributed by atoms with E-state index in [2.05, 4.69) is 32.0 Å². The Morgan fingerprint density at radius 1 is 1.40 bits per heavy atom. The number of carbonyl (C=O) groups is 1. The number of hydrogen-bond acceptors (Lipinski definition) is 4. The van der Waals surface area contributed by atoms with E-state index >= 15 is 0 Å². The van der Waals surface area contributed by atoms with Gasteiger partial charge in [0.05, 0.1) is 6.61 Å². The average molecular weight is 231 g/mol. The molecule has 0 aromatic heterocycles. The van der Waals surface area contributed by atoms with Crippen molar-refractivity contribution >= 4 is 17.9 Å². The zero-order chi connectivity index (χ0) is 11.6. The van der Waals surface area contributed by atoms with Crippen molar-refractivity contribution in [2.24, 2.45) is 0 Å². The molecule has 88 valence electrons. The molecular weight excluding hydrogens is 210 g/mol. The molecule has 1 saturated heterocycles. The van der Waals surface area contributed by atoms with Gasteiger partial charge < -0.3 is 4.74 Å². The van der Waals surface area contributed by atoms with Crippen LogP contribution in [0, 0.1) is 0 Å². The zero-order valence-electron chi connectivity index (χ0n) is 10.2. The molecular formula is C11H21NO2S. The van der Waals surface area contributed by atoms with Gasteiger partial charge in [-0.15, -0.1) is 0 Å². The summed E-state index contributed by atoms with van der Waals surface area (Å²) >= 11 is 1.75. The number of ether oxygens (including phenoxy) is 1. The lowest BCUT2D eigenvalue weighted by Gasteiger charge is -2.18. The second kappa shape index (κ2) is 4.74. The van der Waals surface area contributed by atoms with Crippen molar-refractivity contribution in [2.75, 3.05) is 6.61 Å². The van der Waals surface area contributed by atoms with Gasteiger partial charge in [0, 0.05) is 10.8 Å². The molecule has 4 heteroatoms. The first-order valence-corrected chi connectivity index (χ1v) is 6.32. The lowest BCUT2D eigenvalue weighted by molar-refractivity contribution is -0.143.